The number of aldehydes is 1. The molecule has 0 bridgehead atoms. The lowest BCUT2D eigenvalue weighted by molar-refractivity contribution is -0.115. The molecule has 0 amide bonds. The van der Waals surface area contributed by atoms with E-state index in [1.165, 1.54) is 6.55 Å². The van der Waals surface area contributed by atoms with E-state index < -0.39 is 5.41 Å². The zero-order valence-electron chi connectivity index (χ0n) is 16.9. The van der Waals surface area contributed by atoms with Crippen molar-refractivity contribution in [1.29, 1.82) is 0 Å². The third-order valence-electron chi connectivity index (χ3n) is 5.34. The molecule has 1 aliphatic rings. The molecule has 3 heteroatoms. The van der Waals surface area contributed by atoms with E-state index in [-0.39, 0.29) is 5.41 Å². The van der Waals surface area contributed by atoms with Crippen LogP contribution in [0.5, 0.6) is 0 Å². The average Bonchev–Trinajstić information content (AvgIpc) is 3.02. The highest BCUT2D eigenvalue weighted by Crippen LogP contribution is 2.51. The Morgan fingerprint density at radius 3 is 1.93 bits per heavy atom. The van der Waals surface area contributed by atoms with Crippen LogP contribution in [0, 0.1) is 10.8 Å². The van der Waals surface area contributed by atoms with Crippen LogP contribution >= 0.6 is 0 Å². The van der Waals surface area contributed by atoms with Gasteiger partial charge < -0.3 is 14.3 Å². The largest absolute Gasteiger partial charge is 0.376 e. The number of ether oxygens (including phenoxy) is 2. The highest BCUT2D eigenvalue weighted by atomic mass is 16.5. The molecule has 0 spiro atoms. The number of carbonyl (C=O) groups excluding carboxylic acids is 1. The smallest absolute Gasteiger partial charge is 0.129 e. The SMILES string of the molecule is [2H]C=C1CC(COCc2ccccc2)(COCc2ccccc2)CC1(C)C=O. The van der Waals surface area contributed by atoms with Gasteiger partial charge in [0.2, 0.25) is 0 Å². The number of carbonyl (C=O) groups is 1. The summed E-state index contributed by atoms with van der Waals surface area (Å²) in [5.41, 5.74) is 2.18. The Bertz CT molecular complexity index is 743. The fourth-order valence-corrected chi connectivity index (χ4v) is 3.84. The molecule has 1 saturated carbocycles. The van der Waals surface area contributed by atoms with Crippen molar-refractivity contribution in [3.8, 4) is 0 Å². The summed E-state index contributed by atoms with van der Waals surface area (Å²) >= 11 is 0. The monoisotopic (exact) mass is 365 g/mol. The highest BCUT2D eigenvalue weighted by Gasteiger charge is 2.48. The lowest BCUT2D eigenvalue weighted by Gasteiger charge is -2.30. The van der Waals surface area contributed by atoms with Crippen LogP contribution in [-0.2, 0) is 27.5 Å². The van der Waals surface area contributed by atoms with Crippen LogP contribution in [0.1, 0.15) is 32.3 Å². The van der Waals surface area contributed by atoms with E-state index in [1.54, 1.807) is 0 Å². The van der Waals surface area contributed by atoms with E-state index in [2.05, 4.69) is 0 Å². The summed E-state index contributed by atoms with van der Waals surface area (Å²) in [6, 6.07) is 20.1. The maximum atomic E-state index is 11.8. The van der Waals surface area contributed by atoms with Gasteiger partial charge in [-0.25, -0.2) is 0 Å². The molecule has 27 heavy (non-hydrogen) atoms. The number of hydrogen-bond acceptors (Lipinski definition) is 3. The molecule has 1 unspecified atom stereocenters. The van der Waals surface area contributed by atoms with E-state index in [0.29, 0.717) is 39.3 Å². The molecule has 2 aromatic carbocycles. The second kappa shape index (κ2) is 8.64. The molecular weight excluding hydrogens is 336 g/mol. The molecule has 2 aromatic rings. The number of hydrogen-bond donors (Lipinski definition) is 0. The van der Waals surface area contributed by atoms with E-state index in [1.807, 2.05) is 67.6 Å². The van der Waals surface area contributed by atoms with E-state index in [0.717, 1.165) is 23.0 Å². The Kier molecular flexibility index (Phi) is 5.81. The van der Waals surface area contributed by atoms with Crippen molar-refractivity contribution in [3.63, 3.8) is 0 Å². The maximum absolute atomic E-state index is 11.8. The van der Waals surface area contributed by atoms with Crippen LogP contribution in [0.15, 0.2) is 72.8 Å². The minimum atomic E-state index is -0.617. The normalized spacial score (nSPS) is 23.3. The first kappa shape index (κ1) is 18.1. The van der Waals surface area contributed by atoms with Crippen molar-refractivity contribution in [2.24, 2.45) is 10.8 Å². The van der Waals surface area contributed by atoms with E-state index >= 15 is 0 Å². The molecule has 1 aliphatic carbocycles. The van der Waals surface area contributed by atoms with Crippen LogP contribution in [0.25, 0.3) is 0 Å². The Balaban J connectivity index is 1.67. The van der Waals surface area contributed by atoms with Gasteiger partial charge in [-0.05, 0) is 30.9 Å². The van der Waals surface area contributed by atoms with Crippen molar-refractivity contribution in [1.82, 2.24) is 0 Å². The molecule has 3 rings (SSSR count). The van der Waals surface area contributed by atoms with Gasteiger partial charge in [-0.3, -0.25) is 0 Å². The summed E-state index contributed by atoms with van der Waals surface area (Å²) < 4.78 is 19.9. The number of benzene rings is 2. The summed E-state index contributed by atoms with van der Waals surface area (Å²) in [6.07, 6.45) is 2.26. The van der Waals surface area contributed by atoms with Crippen molar-refractivity contribution in [2.75, 3.05) is 13.2 Å². The van der Waals surface area contributed by atoms with Crippen LogP contribution in [-0.4, -0.2) is 19.5 Å². The van der Waals surface area contributed by atoms with Crippen molar-refractivity contribution in [3.05, 3.63) is 83.9 Å². The third kappa shape index (κ3) is 4.94. The maximum Gasteiger partial charge on any atom is 0.129 e. The first-order valence-corrected chi connectivity index (χ1v) is 9.37. The minimum Gasteiger partial charge on any atom is -0.376 e. The second-order valence-corrected chi connectivity index (χ2v) is 7.87. The van der Waals surface area contributed by atoms with E-state index in [9.17, 15) is 4.79 Å². The molecular formula is C24H28O3. The molecule has 0 aliphatic heterocycles. The van der Waals surface area contributed by atoms with Gasteiger partial charge >= 0.3 is 0 Å². The van der Waals surface area contributed by atoms with Crippen LogP contribution < -0.4 is 0 Å². The third-order valence-corrected chi connectivity index (χ3v) is 5.34. The van der Waals surface area contributed by atoms with Gasteiger partial charge in [0.25, 0.3) is 0 Å². The number of rotatable bonds is 9. The lowest BCUT2D eigenvalue weighted by atomic mass is 9.82. The van der Waals surface area contributed by atoms with E-state index in [4.69, 9.17) is 10.8 Å². The standard InChI is InChI=1S/C24H28O3/c1-20-13-24(16-23(20,2)17-25,18-26-14-21-9-5-3-6-10-21)19-27-15-22-11-7-4-8-12-22/h3-12,17H,1,13-16,18-19H2,2H3/i1D. The highest BCUT2D eigenvalue weighted by molar-refractivity contribution is 5.65. The zero-order valence-corrected chi connectivity index (χ0v) is 15.9. The lowest BCUT2D eigenvalue weighted by Crippen LogP contribution is -2.31. The average molecular weight is 365 g/mol. The predicted molar refractivity (Wildman–Crippen MR) is 107 cm³/mol. The minimum absolute atomic E-state index is 0.299. The van der Waals surface area contributed by atoms with Gasteiger partial charge in [0, 0.05) is 10.8 Å². The molecule has 0 N–H and O–H groups in total. The molecule has 0 aromatic heterocycles. The molecule has 142 valence electrons. The van der Waals surface area contributed by atoms with Gasteiger partial charge in [0.15, 0.2) is 0 Å². The Labute approximate surface area is 163 Å². The van der Waals surface area contributed by atoms with Gasteiger partial charge in [-0.1, -0.05) is 72.8 Å². The van der Waals surface area contributed by atoms with Crippen LogP contribution in [0.2, 0.25) is 0 Å². The number of allylic oxidation sites excluding steroid dienone is 1. The first-order valence-electron chi connectivity index (χ1n) is 9.94. The van der Waals surface area contributed by atoms with Gasteiger partial charge in [-0.2, -0.15) is 0 Å². The summed E-state index contributed by atoms with van der Waals surface area (Å²) in [5.74, 6) is 0. The van der Waals surface area contributed by atoms with Crippen LogP contribution in [0.3, 0.4) is 0 Å². The second-order valence-electron chi connectivity index (χ2n) is 7.87. The quantitative estimate of drug-likeness (QED) is 0.465. The Morgan fingerprint density at radius 1 is 1.00 bits per heavy atom. The van der Waals surface area contributed by atoms with Crippen molar-refractivity contribution < 1.29 is 15.6 Å². The first-order chi connectivity index (χ1) is 13.6. The molecule has 0 radical (unpaired) electrons. The molecule has 0 heterocycles. The molecule has 1 atom stereocenters. The fourth-order valence-electron chi connectivity index (χ4n) is 3.84. The summed E-state index contributed by atoms with van der Waals surface area (Å²) in [5, 5.41) is 0. The zero-order chi connectivity index (χ0) is 19.9. The van der Waals surface area contributed by atoms with Gasteiger partial charge in [0.1, 0.15) is 6.29 Å². The summed E-state index contributed by atoms with van der Waals surface area (Å²) in [7, 11) is 0. The fraction of sp³-hybridized carbons (Fsp3) is 0.375. The van der Waals surface area contributed by atoms with Gasteiger partial charge in [0.05, 0.1) is 27.8 Å². The van der Waals surface area contributed by atoms with Crippen molar-refractivity contribution in [2.45, 2.75) is 33.0 Å². The molecule has 3 nitrogen and oxygen atoms in total. The molecule has 1 fully saturated rings. The van der Waals surface area contributed by atoms with Gasteiger partial charge in [-0.15, -0.1) is 0 Å². The predicted octanol–water partition coefficient (Wildman–Crippen LogP) is 4.96. The molecule has 0 saturated heterocycles. The topological polar surface area (TPSA) is 35.5 Å². The summed E-state index contributed by atoms with van der Waals surface area (Å²) in [4.78, 5) is 11.8. The summed E-state index contributed by atoms with van der Waals surface area (Å²) in [6.45, 7) is 5.30. The van der Waals surface area contributed by atoms with Crippen molar-refractivity contribution >= 4 is 6.29 Å². The van der Waals surface area contributed by atoms with Crippen LogP contribution in [0.4, 0.5) is 0 Å². The Hall–Kier alpha value is -2.23. The Morgan fingerprint density at radius 2 is 1.52 bits per heavy atom.